The third-order valence-corrected chi connectivity index (χ3v) is 13.0. The fourth-order valence-electron chi connectivity index (χ4n) is 9.79. The van der Waals surface area contributed by atoms with Crippen LogP contribution in [0.2, 0.25) is 0 Å². The van der Waals surface area contributed by atoms with Crippen LogP contribution in [0, 0.1) is 0 Å². The van der Waals surface area contributed by atoms with Crippen LogP contribution in [0.1, 0.15) is 30.5 Å². The van der Waals surface area contributed by atoms with Crippen LogP contribution in [0.15, 0.2) is 243 Å². The predicted octanol–water partition coefficient (Wildman–Crippen LogP) is 16.6. The largest absolute Gasteiger partial charge is 0.454 e. The molecule has 0 fully saturated rings. The molecule has 2 aliphatic rings. The van der Waals surface area contributed by atoms with Gasteiger partial charge in [0.1, 0.15) is 5.75 Å². The monoisotopic (exact) mass is 822 g/mol. The molecule has 0 atom stereocenters. The SMILES string of the molecule is C=CC1=C(C(=C)N(c2ccc(-c3ccc(-c4ccccc4)cc3)cc2)c2ccc3c(c2)C(C)(C)c2ccccc2-3)Oc2cc(N(c3ccccc3)c3ccccc3)cc3cccc1c23. The summed E-state index contributed by atoms with van der Waals surface area (Å²) in [7, 11) is 0. The average Bonchev–Trinajstić information content (AvgIpc) is 3.58. The second-order valence-corrected chi connectivity index (χ2v) is 17.1. The second-order valence-electron chi connectivity index (χ2n) is 17.1. The van der Waals surface area contributed by atoms with Gasteiger partial charge in [-0.3, -0.25) is 0 Å². The molecule has 0 saturated heterocycles. The van der Waals surface area contributed by atoms with E-state index in [0.717, 1.165) is 67.2 Å². The topological polar surface area (TPSA) is 15.7 Å². The molecule has 3 nitrogen and oxygen atoms in total. The third kappa shape index (κ3) is 6.53. The van der Waals surface area contributed by atoms with E-state index in [9.17, 15) is 0 Å². The van der Waals surface area contributed by atoms with Crippen molar-refractivity contribution in [3.63, 3.8) is 0 Å². The molecule has 11 rings (SSSR count). The van der Waals surface area contributed by atoms with E-state index in [1.807, 2.05) is 6.08 Å². The van der Waals surface area contributed by atoms with Crippen LogP contribution >= 0.6 is 0 Å². The summed E-state index contributed by atoms with van der Waals surface area (Å²) in [4.78, 5) is 4.52. The van der Waals surface area contributed by atoms with Gasteiger partial charge in [0.05, 0.1) is 11.4 Å². The summed E-state index contributed by atoms with van der Waals surface area (Å²) in [5, 5.41) is 2.13. The number of hydrogen-bond acceptors (Lipinski definition) is 3. The van der Waals surface area contributed by atoms with Gasteiger partial charge in [0, 0.05) is 45.2 Å². The Balaban J connectivity index is 1.03. The first-order valence-electron chi connectivity index (χ1n) is 21.9. The van der Waals surface area contributed by atoms with Gasteiger partial charge in [-0.25, -0.2) is 0 Å². The molecule has 9 aromatic carbocycles. The zero-order valence-electron chi connectivity index (χ0n) is 36.0. The van der Waals surface area contributed by atoms with E-state index >= 15 is 0 Å². The van der Waals surface area contributed by atoms with E-state index in [2.05, 4.69) is 243 Å². The summed E-state index contributed by atoms with van der Waals surface area (Å²) in [5.41, 5.74) is 17.4. The number of anilines is 5. The van der Waals surface area contributed by atoms with Gasteiger partial charge in [0.15, 0.2) is 5.76 Å². The molecule has 1 heterocycles. The number of fused-ring (bicyclic) bond motifs is 3. The van der Waals surface area contributed by atoms with Crippen LogP contribution in [0.4, 0.5) is 28.4 Å². The van der Waals surface area contributed by atoms with Gasteiger partial charge < -0.3 is 14.5 Å². The lowest BCUT2D eigenvalue weighted by atomic mass is 9.82. The Morgan fingerprint density at radius 2 is 1.00 bits per heavy atom. The predicted molar refractivity (Wildman–Crippen MR) is 269 cm³/mol. The molecule has 0 aromatic heterocycles. The van der Waals surface area contributed by atoms with Gasteiger partial charge in [0.2, 0.25) is 0 Å². The summed E-state index contributed by atoms with van der Waals surface area (Å²) < 4.78 is 7.22. The van der Waals surface area contributed by atoms with Crippen molar-refractivity contribution in [3.05, 3.63) is 260 Å². The minimum absolute atomic E-state index is 0.189. The van der Waals surface area contributed by atoms with Gasteiger partial charge in [-0.05, 0) is 110 Å². The molecule has 64 heavy (non-hydrogen) atoms. The van der Waals surface area contributed by atoms with Gasteiger partial charge in [-0.2, -0.15) is 0 Å². The van der Waals surface area contributed by atoms with Gasteiger partial charge >= 0.3 is 0 Å². The fraction of sp³-hybridized carbons (Fsp3) is 0.0492. The van der Waals surface area contributed by atoms with E-state index in [1.165, 1.54) is 33.4 Å². The second kappa shape index (κ2) is 15.6. The Labute approximate surface area is 375 Å². The quantitative estimate of drug-likeness (QED) is 0.137. The molecule has 0 saturated carbocycles. The maximum atomic E-state index is 7.22. The normalized spacial score (nSPS) is 13.2. The summed E-state index contributed by atoms with van der Waals surface area (Å²) in [6.45, 7) is 13.9. The molecule has 306 valence electrons. The highest BCUT2D eigenvalue weighted by molar-refractivity contribution is 6.05. The minimum atomic E-state index is -0.189. The van der Waals surface area contributed by atoms with Crippen molar-refractivity contribution in [2.75, 3.05) is 9.80 Å². The number of nitrogens with zero attached hydrogens (tertiary/aromatic N) is 2. The summed E-state index contributed by atoms with van der Waals surface area (Å²) >= 11 is 0. The van der Waals surface area contributed by atoms with Crippen molar-refractivity contribution in [3.8, 4) is 39.1 Å². The van der Waals surface area contributed by atoms with Crippen LogP contribution in [0.3, 0.4) is 0 Å². The van der Waals surface area contributed by atoms with Crippen molar-refractivity contribution in [2.24, 2.45) is 0 Å². The number of allylic oxidation sites excluding steroid dienone is 2. The fourth-order valence-corrected chi connectivity index (χ4v) is 9.79. The molecule has 0 spiro atoms. The molecule has 3 heteroatoms. The van der Waals surface area contributed by atoms with Crippen molar-refractivity contribution < 1.29 is 4.74 Å². The van der Waals surface area contributed by atoms with Crippen molar-refractivity contribution in [1.82, 2.24) is 0 Å². The highest BCUT2D eigenvalue weighted by atomic mass is 16.5. The standard InChI is InChI=1S/C61H46N2O/c1-5-52-55-26-17-20-46-38-51(63(47-21-11-7-12-22-47)48-23-13-8-14-24-48)40-58(59(46)55)64-60(52)41(2)62(50-36-37-54-53-25-15-16-27-56(53)61(3,4)57(54)39-50)49-34-32-45(33-35-49)44-30-28-43(29-31-44)42-18-9-6-10-19-42/h5-40H,1-2H2,3-4H3. The number of rotatable bonds is 10. The summed E-state index contributed by atoms with van der Waals surface area (Å²) in [6.07, 6.45) is 1.91. The maximum absolute atomic E-state index is 7.22. The molecule has 0 N–H and O–H groups in total. The van der Waals surface area contributed by atoms with E-state index in [4.69, 9.17) is 11.3 Å². The third-order valence-electron chi connectivity index (χ3n) is 13.0. The summed E-state index contributed by atoms with van der Waals surface area (Å²) in [6, 6.07) is 75.6. The van der Waals surface area contributed by atoms with E-state index < -0.39 is 0 Å². The minimum Gasteiger partial charge on any atom is -0.454 e. The maximum Gasteiger partial charge on any atom is 0.158 e. The first-order chi connectivity index (χ1) is 31.4. The Bertz CT molecular complexity index is 3240. The molecule has 0 bridgehead atoms. The lowest BCUT2D eigenvalue weighted by Crippen LogP contribution is -2.22. The molecular weight excluding hydrogens is 777 g/mol. The van der Waals surface area contributed by atoms with Crippen LogP contribution in [-0.4, -0.2) is 0 Å². The van der Waals surface area contributed by atoms with Gasteiger partial charge in [-0.1, -0.05) is 185 Å². The Kier molecular flexibility index (Phi) is 9.47. The lowest BCUT2D eigenvalue weighted by Gasteiger charge is -2.33. The molecule has 0 amide bonds. The van der Waals surface area contributed by atoms with E-state index in [1.54, 1.807) is 0 Å². The molecule has 0 radical (unpaired) electrons. The number of para-hydroxylation sites is 2. The lowest BCUT2D eigenvalue weighted by molar-refractivity contribution is 0.440. The number of ether oxygens (including phenoxy) is 1. The van der Waals surface area contributed by atoms with Crippen LogP contribution in [0.5, 0.6) is 5.75 Å². The Morgan fingerprint density at radius 1 is 0.469 bits per heavy atom. The van der Waals surface area contributed by atoms with Crippen molar-refractivity contribution in [2.45, 2.75) is 19.3 Å². The average molecular weight is 823 g/mol. The molecule has 9 aromatic rings. The van der Waals surface area contributed by atoms with Gasteiger partial charge in [0.25, 0.3) is 0 Å². The van der Waals surface area contributed by atoms with Gasteiger partial charge in [-0.15, -0.1) is 0 Å². The molecule has 1 aliphatic heterocycles. The van der Waals surface area contributed by atoms with Crippen molar-refractivity contribution >= 4 is 44.8 Å². The summed E-state index contributed by atoms with van der Waals surface area (Å²) in [5.74, 6) is 1.42. The zero-order valence-corrected chi connectivity index (χ0v) is 36.0. The van der Waals surface area contributed by atoms with E-state index in [0.29, 0.717) is 11.5 Å². The highest BCUT2D eigenvalue weighted by Gasteiger charge is 2.36. The highest BCUT2D eigenvalue weighted by Crippen LogP contribution is 2.52. The number of hydrogen-bond donors (Lipinski definition) is 0. The zero-order chi connectivity index (χ0) is 43.4. The smallest absolute Gasteiger partial charge is 0.158 e. The Hall–Kier alpha value is -8.14. The molecule has 0 unspecified atom stereocenters. The van der Waals surface area contributed by atoms with Crippen LogP contribution in [0.25, 0.3) is 49.7 Å². The van der Waals surface area contributed by atoms with Crippen LogP contribution < -0.4 is 14.5 Å². The molecule has 1 aliphatic carbocycles. The first kappa shape index (κ1) is 38.8. The number of benzene rings is 9. The molecular formula is C61H46N2O. The Morgan fingerprint density at radius 3 is 1.64 bits per heavy atom. The first-order valence-corrected chi connectivity index (χ1v) is 21.9. The van der Waals surface area contributed by atoms with Crippen LogP contribution in [-0.2, 0) is 5.41 Å². The van der Waals surface area contributed by atoms with Crippen molar-refractivity contribution in [1.29, 1.82) is 0 Å². The van der Waals surface area contributed by atoms with E-state index in [-0.39, 0.29) is 5.41 Å².